The fraction of sp³-hybridized carbons (Fsp3) is 0.176. The lowest BCUT2D eigenvalue weighted by molar-refractivity contribution is -0.123. The van der Waals surface area contributed by atoms with Crippen LogP contribution in [-0.2, 0) is 9.53 Å². The SMILES string of the molecule is C[C@@H](OC(=O)c1ccccc1OC(F)F)C(=O)Nc1cc(Cl)cc(Cl)c1. The van der Waals surface area contributed by atoms with E-state index in [9.17, 15) is 18.4 Å². The van der Waals surface area contributed by atoms with E-state index in [1.807, 2.05) is 0 Å². The average Bonchev–Trinajstić information content (AvgIpc) is 2.53. The van der Waals surface area contributed by atoms with Crippen molar-refractivity contribution in [1.29, 1.82) is 0 Å². The molecule has 2 aromatic rings. The number of esters is 1. The van der Waals surface area contributed by atoms with Gasteiger partial charge in [0.15, 0.2) is 6.10 Å². The third kappa shape index (κ3) is 5.57. The van der Waals surface area contributed by atoms with Crippen molar-refractivity contribution in [2.24, 2.45) is 0 Å². The summed E-state index contributed by atoms with van der Waals surface area (Å²) in [7, 11) is 0. The molecule has 0 heterocycles. The number of amides is 1. The maximum Gasteiger partial charge on any atom is 0.387 e. The Morgan fingerprint density at radius 1 is 1.08 bits per heavy atom. The smallest absolute Gasteiger partial charge is 0.387 e. The number of hydrogen-bond acceptors (Lipinski definition) is 4. The molecule has 9 heteroatoms. The molecule has 1 atom stereocenters. The first kappa shape index (κ1) is 19.9. The lowest BCUT2D eigenvalue weighted by atomic mass is 10.2. The summed E-state index contributed by atoms with van der Waals surface area (Å²) in [5, 5.41) is 3.12. The predicted molar refractivity (Wildman–Crippen MR) is 93.0 cm³/mol. The van der Waals surface area contributed by atoms with Crippen molar-refractivity contribution in [2.75, 3.05) is 5.32 Å². The Hall–Kier alpha value is -2.38. The zero-order chi connectivity index (χ0) is 19.3. The van der Waals surface area contributed by atoms with Gasteiger partial charge in [0.1, 0.15) is 11.3 Å². The summed E-state index contributed by atoms with van der Waals surface area (Å²) in [6, 6.07) is 9.74. The highest BCUT2D eigenvalue weighted by atomic mass is 35.5. The Morgan fingerprint density at radius 2 is 1.69 bits per heavy atom. The van der Waals surface area contributed by atoms with Gasteiger partial charge in [-0.3, -0.25) is 4.79 Å². The highest BCUT2D eigenvalue weighted by Gasteiger charge is 2.22. The van der Waals surface area contributed by atoms with Crippen LogP contribution in [0.4, 0.5) is 14.5 Å². The number of halogens is 4. The molecule has 0 saturated heterocycles. The molecule has 5 nitrogen and oxygen atoms in total. The van der Waals surface area contributed by atoms with Crippen LogP contribution in [0.5, 0.6) is 5.75 Å². The maximum atomic E-state index is 12.4. The molecule has 0 bridgehead atoms. The van der Waals surface area contributed by atoms with Crippen LogP contribution >= 0.6 is 23.2 Å². The van der Waals surface area contributed by atoms with E-state index in [2.05, 4.69) is 10.1 Å². The molecule has 2 rings (SSSR count). The summed E-state index contributed by atoms with van der Waals surface area (Å²) in [4.78, 5) is 24.3. The third-order valence-electron chi connectivity index (χ3n) is 3.11. The molecule has 0 aliphatic carbocycles. The molecule has 0 aromatic heterocycles. The second-order valence-corrected chi connectivity index (χ2v) is 5.94. The molecule has 0 unspecified atom stereocenters. The van der Waals surface area contributed by atoms with Crippen molar-refractivity contribution in [3.63, 3.8) is 0 Å². The van der Waals surface area contributed by atoms with E-state index in [1.54, 1.807) is 0 Å². The van der Waals surface area contributed by atoms with Gasteiger partial charge in [0.2, 0.25) is 0 Å². The molecule has 0 aliphatic rings. The van der Waals surface area contributed by atoms with Gasteiger partial charge in [-0.2, -0.15) is 8.78 Å². The summed E-state index contributed by atoms with van der Waals surface area (Å²) in [5.74, 6) is -1.97. The lowest BCUT2D eigenvalue weighted by Crippen LogP contribution is -2.30. The molecule has 0 aliphatic heterocycles. The quantitative estimate of drug-likeness (QED) is 0.704. The van der Waals surface area contributed by atoms with Crippen molar-refractivity contribution in [2.45, 2.75) is 19.6 Å². The van der Waals surface area contributed by atoms with Gasteiger partial charge in [-0.1, -0.05) is 35.3 Å². The van der Waals surface area contributed by atoms with Crippen LogP contribution in [0.2, 0.25) is 10.0 Å². The Labute approximate surface area is 157 Å². The zero-order valence-electron chi connectivity index (χ0n) is 13.3. The number of carbonyl (C=O) groups is 2. The lowest BCUT2D eigenvalue weighted by Gasteiger charge is -2.15. The summed E-state index contributed by atoms with van der Waals surface area (Å²) in [6.45, 7) is -1.77. The minimum absolute atomic E-state index is 0.224. The zero-order valence-corrected chi connectivity index (χ0v) is 14.9. The number of benzene rings is 2. The maximum absolute atomic E-state index is 12.4. The highest BCUT2D eigenvalue weighted by Crippen LogP contribution is 2.24. The first-order valence-corrected chi connectivity index (χ1v) is 8.03. The minimum atomic E-state index is -3.10. The molecule has 0 saturated carbocycles. The van der Waals surface area contributed by atoms with Gasteiger partial charge in [-0.25, -0.2) is 4.79 Å². The molecule has 0 spiro atoms. The van der Waals surface area contributed by atoms with Gasteiger partial charge in [0, 0.05) is 15.7 Å². The van der Waals surface area contributed by atoms with Crippen LogP contribution in [0.3, 0.4) is 0 Å². The second-order valence-electron chi connectivity index (χ2n) is 5.07. The summed E-state index contributed by atoms with van der Waals surface area (Å²) < 4.78 is 34.1. The second kappa shape index (κ2) is 8.82. The summed E-state index contributed by atoms with van der Waals surface area (Å²) in [5.41, 5.74) is 0.0927. The Kier molecular flexibility index (Phi) is 6.76. The number of para-hydroxylation sites is 1. The Bertz CT molecular complexity index is 797. The first-order valence-electron chi connectivity index (χ1n) is 7.28. The topological polar surface area (TPSA) is 64.6 Å². The van der Waals surface area contributed by atoms with Crippen LogP contribution in [0.25, 0.3) is 0 Å². The number of anilines is 1. The number of ether oxygens (including phenoxy) is 2. The van der Waals surface area contributed by atoms with Crippen molar-refractivity contribution < 1.29 is 27.8 Å². The molecule has 138 valence electrons. The van der Waals surface area contributed by atoms with Crippen molar-refractivity contribution in [1.82, 2.24) is 0 Å². The molecule has 26 heavy (non-hydrogen) atoms. The first-order chi connectivity index (χ1) is 12.3. The van der Waals surface area contributed by atoms with Gasteiger partial charge >= 0.3 is 12.6 Å². The van der Waals surface area contributed by atoms with E-state index >= 15 is 0 Å². The van der Waals surface area contributed by atoms with Crippen LogP contribution in [-0.4, -0.2) is 24.6 Å². The van der Waals surface area contributed by atoms with Gasteiger partial charge in [-0.15, -0.1) is 0 Å². The number of rotatable bonds is 6. The van der Waals surface area contributed by atoms with E-state index in [1.165, 1.54) is 49.4 Å². The number of nitrogens with one attached hydrogen (secondary N) is 1. The molecule has 1 N–H and O–H groups in total. The number of alkyl halides is 2. The van der Waals surface area contributed by atoms with Crippen LogP contribution < -0.4 is 10.1 Å². The molecule has 1 amide bonds. The van der Waals surface area contributed by atoms with Gasteiger partial charge in [-0.05, 0) is 37.3 Å². The molecule has 0 radical (unpaired) electrons. The van der Waals surface area contributed by atoms with Crippen molar-refractivity contribution in [3.05, 3.63) is 58.1 Å². The van der Waals surface area contributed by atoms with Crippen molar-refractivity contribution in [3.8, 4) is 5.75 Å². The number of carbonyl (C=O) groups excluding carboxylic acids is 2. The fourth-order valence-electron chi connectivity index (χ4n) is 1.98. The molecule has 0 fully saturated rings. The van der Waals surface area contributed by atoms with Gasteiger partial charge < -0.3 is 14.8 Å². The third-order valence-corrected chi connectivity index (χ3v) is 3.54. The van der Waals surface area contributed by atoms with Crippen LogP contribution in [0.15, 0.2) is 42.5 Å². The number of hydrogen-bond donors (Lipinski definition) is 1. The van der Waals surface area contributed by atoms with Crippen LogP contribution in [0.1, 0.15) is 17.3 Å². The predicted octanol–water partition coefficient (Wildman–Crippen LogP) is 4.78. The fourth-order valence-corrected chi connectivity index (χ4v) is 2.51. The molecule has 2 aromatic carbocycles. The Morgan fingerprint density at radius 3 is 2.31 bits per heavy atom. The minimum Gasteiger partial charge on any atom is -0.449 e. The summed E-state index contributed by atoms with van der Waals surface area (Å²) in [6.07, 6.45) is -1.21. The molecular weight excluding hydrogens is 391 g/mol. The molecular formula is C17H13Cl2F2NO4. The van der Waals surface area contributed by atoms with Gasteiger partial charge in [0.05, 0.1) is 0 Å². The standard InChI is InChI=1S/C17H13Cl2F2NO4/c1-9(15(23)22-12-7-10(18)6-11(19)8-12)25-16(24)13-4-2-3-5-14(13)26-17(20)21/h2-9,17H,1H3,(H,22,23)/t9-/m1/s1. The van der Waals surface area contributed by atoms with Crippen molar-refractivity contribution >= 4 is 40.8 Å². The van der Waals surface area contributed by atoms with E-state index in [0.717, 1.165) is 0 Å². The highest BCUT2D eigenvalue weighted by molar-refractivity contribution is 6.35. The summed E-state index contributed by atoms with van der Waals surface area (Å²) >= 11 is 11.7. The normalized spacial score (nSPS) is 11.8. The van der Waals surface area contributed by atoms with Crippen LogP contribution in [0, 0.1) is 0 Å². The van der Waals surface area contributed by atoms with Gasteiger partial charge in [0.25, 0.3) is 5.91 Å². The van der Waals surface area contributed by atoms with E-state index < -0.39 is 24.6 Å². The average molecular weight is 404 g/mol. The van der Waals surface area contributed by atoms with E-state index in [4.69, 9.17) is 27.9 Å². The Balaban J connectivity index is 2.05. The van der Waals surface area contributed by atoms with E-state index in [-0.39, 0.29) is 11.3 Å². The largest absolute Gasteiger partial charge is 0.449 e. The monoisotopic (exact) mass is 403 g/mol. The van der Waals surface area contributed by atoms with E-state index in [0.29, 0.717) is 15.7 Å².